The van der Waals surface area contributed by atoms with Crippen LogP contribution >= 0.6 is 39.1 Å². The van der Waals surface area contributed by atoms with Gasteiger partial charge in [0, 0.05) is 22.9 Å². The summed E-state index contributed by atoms with van der Waals surface area (Å²) in [5, 5.41) is 1.80. The molecule has 1 aliphatic rings. The molecule has 1 amide bonds. The Morgan fingerprint density at radius 2 is 2.17 bits per heavy atom. The maximum atomic E-state index is 12.5. The van der Waals surface area contributed by atoms with Crippen LogP contribution in [0.1, 0.15) is 29.6 Å². The fraction of sp³-hybridized carbons (Fsp3) is 0.462. The minimum absolute atomic E-state index is 0.0216. The van der Waals surface area contributed by atoms with Crippen LogP contribution in [-0.4, -0.2) is 28.7 Å². The Bertz CT molecular complexity index is 453. The van der Waals surface area contributed by atoms with Gasteiger partial charge in [0.15, 0.2) is 0 Å². The lowest BCUT2D eigenvalue weighted by molar-refractivity contribution is 0.0642. The average Bonchev–Trinajstić information content (AvgIpc) is 2.40. The minimum atomic E-state index is -0.0216. The molecule has 0 aromatic heterocycles. The topological polar surface area (TPSA) is 20.3 Å². The number of carbonyl (C=O) groups is 1. The Morgan fingerprint density at radius 3 is 2.89 bits per heavy atom. The highest BCUT2D eigenvalue weighted by atomic mass is 79.9. The van der Waals surface area contributed by atoms with Crippen molar-refractivity contribution >= 4 is 45.0 Å². The van der Waals surface area contributed by atoms with E-state index in [1.165, 1.54) is 6.42 Å². The molecule has 0 N–H and O–H groups in total. The van der Waals surface area contributed by atoms with E-state index in [2.05, 4.69) is 15.9 Å². The second-order valence-electron chi connectivity index (χ2n) is 4.43. The zero-order valence-electron chi connectivity index (χ0n) is 9.83. The maximum Gasteiger partial charge on any atom is 0.255 e. The van der Waals surface area contributed by atoms with Gasteiger partial charge < -0.3 is 4.90 Å². The number of amides is 1. The van der Waals surface area contributed by atoms with E-state index in [1.54, 1.807) is 18.2 Å². The third kappa shape index (κ3) is 3.01. The van der Waals surface area contributed by atoms with Crippen molar-refractivity contribution in [3.63, 3.8) is 0 Å². The van der Waals surface area contributed by atoms with Gasteiger partial charge in [-0.15, -0.1) is 0 Å². The summed E-state index contributed by atoms with van der Waals surface area (Å²) < 4.78 is 0. The molecule has 1 unspecified atom stereocenters. The van der Waals surface area contributed by atoms with Crippen LogP contribution in [-0.2, 0) is 0 Å². The standard InChI is InChI=1S/C13H14BrCl2NO/c14-8-10-3-1-2-6-17(10)13(18)11-7-9(15)4-5-12(11)16/h4-5,7,10H,1-3,6,8H2. The fourth-order valence-corrected chi connectivity index (χ4v) is 3.29. The molecule has 1 heterocycles. The van der Waals surface area contributed by atoms with E-state index in [0.717, 1.165) is 24.7 Å². The van der Waals surface area contributed by atoms with Crippen LogP contribution in [0, 0.1) is 0 Å². The van der Waals surface area contributed by atoms with Gasteiger partial charge in [-0.1, -0.05) is 39.1 Å². The molecular weight excluding hydrogens is 337 g/mol. The Morgan fingerprint density at radius 1 is 1.39 bits per heavy atom. The van der Waals surface area contributed by atoms with Crippen molar-refractivity contribution in [1.82, 2.24) is 4.90 Å². The zero-order valence-corrected chi connectivity index (χ0v) is 12.9. The average molecular weight is 351 g/mol. The molecule has 0 radical (unpaired) electrons. The molecule has 1 aliphatic heterocycles. The third-order valence-electron chi connectivity index (χ3n) is 3.22. The highest BCUT2D eigenvalue weighted by Gasteiger charge is 2.27. The molecular formula is C13H14BrCl2NO. The van der Waals surface area contributed by atoms with Crippen molar-refractivity contribution in [3.8, 4) is 0 Å². The molecule has 0 bridgehead atoms. The monoisotopic (exact) mass is 349 g/mol. The smallest absolute Gasteiger partial charge is 0.255 e. The molecule has 1 aromatic rings. The first-order chi connectivity index (χ1) is 8.63. The van der Waals surface area contributed by atoms with Gasteiger partial charge in [-0.25, -0.2) is 0 Å². The highest BCUT2D eigenvalue weighted by Crippen LogP contribution is 2.26. The molecule has 0 spiro atoms. The molecule has 1 fully saturated rings. The number of likely N-dealkylation sites (tertiary alicyclic amines) is 1. The molecule has 1 atom stereocenters. The normalized spacial score (nSPS) is 19.9. The van der Waals surface area contributed by atoms with Gasteiger partial charge in [-0.05, 0) is 37.5 Å². The van der Waals surface area contributed by atoms with Crippen LogP contribution in [0.2, 0.25) is 10.0 Å². The van der Waals surface area contributed by atoms with Gasteiger partial charge in [0.1, 0.15) is 0 Å². The number of hydrogen-bond donors (Lipinski definition) is 0. The van der Waals surface area contributed by atoms with Crippen LogP contribution in [0.25, 0.3) is 0 Å². The van der Waals surface area contributed by atoms with Crippen LogP contribution in [0.15, 0.2) is 18.2 Å². The van der Waals surface area contributed by atoms with Crippen LogP contribution < -0.4 is 0 Å². The van der Waals surface area contributed by atoms with Gasteiger partial charge in [-0.3, -0.25) is 4.79 Å². The number of alkyl halides is 1. The molecule has 1 aromatic carbocycles. The molecule has 1 saturated heterocycles. The van der Waals surface area contributed by atoms with Crippen molar-refractivity contribution in [2.75, 3.05) is 11.9 Å². The Hall–Kier alpha value is -0.250. The lowest BCUT2D eigenvalue weighted by Crippen LogP contribution is -2.44. The summed E-state index contributed by atoms with van der Waals surface area (Å²) >= 11 is 15.5. The summed E-state index contributed by atoms with van der Waals surface area (Å²) in [5.41, 5.74) is 0.497. The molecule has 5 heteroatoms. The number of carbonyl (C=O) groups excluding carboxylic acids is 1. The summed E-state index contributed by atoms with van der Waals surface area (Å²) in [7, 11) is 0. The Labute approximate surface area is 125 Å². The largest absolute Gasteiger partial charge is 0.335 e. The molecule has 0 aliphatic carbocycles. The van der Waals surface area contributed by atoms with E-state index in [1.807, 2.05) is 4.90 Å². The Balaban J connectivity index is 2.26. The number of piperidine rings is 1. The number of benzene rings is 1. The lowest BCUT2D eigenvalue weighted by atomic mass is 10.0. The molecule has 18 heavy (non-hydrogen) atoms. The summed E-state index contributed by atoms with van der Waals surface area (Å²) in [6, 6.07) is 5.26. The second kappa shape index (κ2) is 6.27. The van der Waals surface area contributed by atoms with Crippen molar-refractivity contribution < 1.29 is 4.79 Å². The quantitative estimate of drug-likeness (QED) is 0.724. The van der Waals surface area contributed by atoms with Crippen LogP contribution in [0.4, 0.5) is 0 Å². The third-order valence-corrected chi connectivity index (χ3v) is 4.54. The zero-order chi connectivity index (χ0) is 13.1. The van der Waals surface area contributed by atoms with Crippen LogP contribution in [0.3, 0.4) is 0 Å². The molecule has 98 valence electrons. The van der Waals surface area contributed by atoms with Gasteiger partial charge in [0.2, 0.25) is 0 Å². The predicted octanol–water partition coefficient (Wildman–Crippen LogP) is 4.38. The van der Waals surface area contributed by atoms with Gasteiger partial charge in [0.05, 0.1) is 10.6 Å². The van der Waals surface area contributed by atoms with Crippen LogP contribution in [0.5, 0.6) is 0 Å². The van der Waals surface area contributed by atoms with Crippen molar-refractivity contribution in [2.24, 2.45) is 0 Å². The van der Waals surface area contributed by atoms with Crippen molar-refractivity contribution in [3.05, 3.63) is 33.8 Å². The first-order valence-electron chi connectivity index (χ1n) is 5.95. The molecule has 0 saturated carbocycles. The first-order valence-corrected chi connectivity index (χ1v) is 7.83. The van der Waals surface area contributed by atoms with Crippen molar-refractivity contribution in [2.45, 2.75) is 25.3 Å². The summed E-state index contributed by atoms with van der Waals surface area (Å²) in [6.45, 7) is 0.790. The number of nitrogens with zero attached hydrogens (tertiary/aromatic N) is 1. The van der Waals surface area contributed by atoms with E-state index in [-0.39, 0.29) is 11.9 Å². The maximum absolute atomic E-state index is 12.5. The van der Waals surface area contributed by atoms with E-state index in [9.17, 15) is 4.79 Å². The second-order valence-corrected chi connectivity index (χ2v) is 5.92. The SMILES string of the molecule is O=C(c1cc(Cl)ccc1Cl)N1CCCCC1CBr. The van der Waals surface area contributed by atoms with E-state index in [4.69, 9.17) is 23.2 Å². The molecule has 2 nitrogen and oxygen atoms in total. The van der Waals surface area contributed by atoms with Gasteiger partial charge >= 0.3 is 0 Å². The first kappa shape index (κ1) is 14.2. The predicted molar refractivity (Wildman–Crippen MR) is 78.9 cm³/mol. The Kier molecular flexibility index (Phi) is 4.93. The summed E-state index contributed by atoms with van der Waals surface area (Å²) in [6.07, 6.45) is 3.26. The number of rotatable bonds is 2. The van der Waals surface area contributed by atoms with E-state index in [0.29, 0.717) is 15.6 Å². The number of halogens is 3. The summed E-state index contributed by atoms with van der Waals surface area (Å²) in [5.74, 6) is -0.0216. The van der Waals surface area contributed by atoms with E-state index < -0.39 is 0 Å². The van der Waals surface area contributed by atoms with Gasteiger partial charge in [0.25, 0.3) is 5.91 Å². The van der Waals surface area contributed by atoms with E-state index >= 15 is 0 Å². The molecule has 2 rings (SSSR count). The highest BCUT2D eigenvalue weighted by molar-refractivity contribution is 9.09. The number of hydrogen-bond acceptors (Lipinski definition) is 1. The minimum Gasteiger partial charge on any atom is -0.335 e. The summed E-state index contributed by atoms with van der Waals surface area (Å²) in [4.78, 5) is 14.4. The van der Waals surface area contributed by atoms with Gasteiger partial charge in [-0.2, -0.15) is 0 Å². The van der Waals surface area contributed by atoms with Crippen molar-refractivity contribution in [1.29, 1.82) is 0 Å². The lowest BCUT2D eigenvalue weighted by Gasteiger charge is -2.35. The fourth-order valence-electron chi connectivity index (χ4n) is 2.24.